The van der Waals surface area contributed by atoms with E-state index in [1.54, 1.807) is 25.9 Å². The Bertz CT molecular complexity index is 1360. The maximum absolute atomic E-state index is 13.9. The van der Waals surface area contributed by atoms with E-state index >= 15 is 0 Å². The lowest BCUT2D eigenvalue weighted by molar-refractivity contribution is -0.153. The molecule has 0 aromatic heterocycles. The van der Waals surface area contributed by atoms with Crippen LogP contribution >= 0.6 is 0 Å². The molecule has 0 unspecified atom stereocenters. The Hall–Kier alpha value is -4.10. The summed E-state index contributed by atoms with van der Waals surface area (Å²) >= 11 is 0. The van der Waals surface area contributed by atoms with E-state index in [4.69, 9.17) is 10.5 Å². The number of phenols is 1. The molecule has 1 aromatic carbocycles. The van der Waals surface area contributed by atoms with E-state index < -0.39 is 69.9 Å². The summed E-state index contributed by atoms with van der Waals surface area (Å²) in [6, 6.07) is 0.338. The summed E-state index contributed by atoms with van der Waals surface area (Å²) in [6.07, 6.45) is -0.753. The number of fused-ring (bicyclic) bond motifs is 3. The van der Waals surface area contributed by atoms with E-state index in [0.29, 0.717) is 11.3 Å². The highest BCUT2D eigenvalue weighted by atomic mass is 16.5. The van der Waals surface area contributed by atoms with Gasteiger partial charge in [-0.25, -0.2) is 4.79 Å². The lowest BCUT2D eigenvalue weighted by Gasteiger charge is -2.50. The zero-order valence-corrected chi connectivity index (χ0v) is 22.2. The molecule has 13 heteroatoms. The van der Waals surface area contributed by atoms with Gasteiger partial charge in [-0.1, -0.05) is 0 Å². The topological polar surface area (TPSA) is 203 Å². The minimum atomic E-state index is -2.73. The second kappa shape index (κ2) is 9.58. The maximum atomic E-state index is 13.9. The monoisotopic (exact) mass is 544 g/mol. The number of aliphatic hydroxyl groups is 3. The number of ether oxygens (including phenoxy) is 1. The van der Waals surface area contributed by atoms with Gasteiger partial charge in [0.05, 0.1) is 23.9 Å². The van der Waals surface area contributed by atoms with Gasteiger partial charge in [0.25, 0.3) is 5.91 Å². The van der Waals surface area contributed by atoms with Gasteiger partial charge in [-0.2, -0.15) is 0 Å². The van der Waals surface area contributed by atoms with Crippen molar-refractivity contribution in [3.63, 3.8) is 0 Å². The van der Waals surface area contributed by atoms with Crippen LogP contribution in [0.2, 0.25) is 0 Å². The van der Waals surface area contributed by atoms with Gasteiger partial charge < -0.3 is 35.8 Å². The average molecular weight is 545 g/mol. The van der Waals surface area contributed by atoms with Crippen molar-refractivity contribution < 1.29 is 44.3 Å². The Morgan fingerprint density at radius 2 is 1.82 bits per heavy atom. The van der Waals surface area contributed by atoms with Crippen LogP contribution in [0.1, 0.15) is 24.5 Å². The number of aromatic hydroxyl groups is 1. The number of carbonyl (C=O) groups is 4. The summed E-state index contributed by atoms with van der Waals surface area (Å²) in [5.41, 5.74) is 2.22. The van der Waals surface area contributed by atoms with Crippen LogP contribution in [0.15, 0.2) is 23.0 Å². The van der Waals surface area contributed by atoms with Crippen LogP contribution in [0.5, 0.6) is 5.75 Å². The van der Waals surface area contributed by atoms with Crippen LogP contribution in [-0.4, -0.2) is 95.3 Å². The van der Waals surface area contributed by atoms with Crippen LogP contribution in [-0.2, 0) is 25.5 Å². The average Bonchev–Trinajstić information content (AvgIpc) is 2.82. The van der Waals surface area contributed by atoms with Gasteiger partial charge in [0.2, 0.25) is 5.78 Å². The number of aliphatic hydroxyl groups excluding tert-OH is 2. The molecule has 3 aliphatic rings. The number of carbonyl (C=O) groups excluding carboxylic acids is 4. The van der Waals surface area contributed by atoms with Gasteiger partial charge in [-0.3, -0.25) is 24.6 Å². The van der Waals surface area contributed by atoms with Crippen molar-refractivity contribution in [1.29, 1.82) is 0 Å². The second-order valence-electron chi connectivity index (χ2n) is 10.3. The zero-order valence-electron chi connectivity index (χ0n) is 22.2. The summed E-state index contributed by atoms with van der Waals surface area (Å²) in [5.74, 6) is -7.46. The molecule has 7 N–H and O–H groups in total. The van der Waals surface area contributed by atoms with Crippen molar-refractivity contribution in [2.45, 2.75) is 31.4 Å². The molecule has 2 amide bonds. The van der Waals surface area contributed by atoms with Gasteiger partial charge in [-0.05, 0) is 51.4 Å². The number of nitrogens with one attached hydrogen (secondary N) is 1. The summed E-state index contributed by atoms with van der Waals surface area (Å²) in [6.45, 7) is 1.68. The summed E-state index contributed by atoms with van der Waals surface area (Å²) in [5, 5.41) is 47.5. The van der Waals surface area contributed by atoms with Crippen molar-refractivity contribution >= 4 is 40.7 Å². The first-order valence-corrected chi connectivity index (χ1v) is 12.3. The molecule has 0 radical (unpaired) electrons. The van der Waals surface area contributed by atoms with Crippen LogP contribution < -0.4 is 16.0 Å². The number of rotatable bonds is 5. The fourth-order valence-corrected chi connectivity index (χ4v) is 6.06. The number of hydrogen-bond donors (Lipinski definition) is 6. The van der Waals surface area contributed by atoms with E-state index in [2.05, 4.69) is 5.32 Å². The highest BCUT2D eigenvalue weighted by Crippen LogP contribution is 2.54. The van der Waals surface area contributed by atoms with Crippen molar-refractivity contribution in [2.75, 3.05) is 45.0 Å². The van der Waals surface area contributed by atoms with E-state index in [1.165, 1.54) is 25.1 Å². The number of nitrogens with zero attached hydrogens (tertiary/aromatic N) is 2. The molecule has 4 atom stereocenters. The molecular formula is C26H32N4O9. The van der Waals surface area contributed by atoms with Crippen LogP contribution in [0, 0.1) is 11.8 Å². The minimum Gasteiger partial charge on any atom is -0.508 e. The maximum Gasteiger partial charge on any atom is 0.411 e. The van der Waals surface area contributed by atoms with Crippen molar-refractivity contribution in [1.82, 2.24) is 4.90 Å². The summed E-state index contributed by atoms with van der Waals surface area (Å²) in [4.78, 5) is 54.4. The highest BCUT2D eigenvalue weighted by molar-refractivity contribution is 6.24. The number of anilines is 2. The first-order valence-electron chi connectivity index (χ1n) is 12.3. The Morgan fingerprint density at radius 1 is 1.18 bits per heavy atom. The van der Waals surface area contributed by atoms with E-state index in [0.717, 1.165) is 0 Å². The fraction of sp³-hybridized carbons (Fsp3) is 0.462. The lowest BCUT2D eigenvalue weighted by atomic mass is 9.57. The number of primary amides is 1. The molecule has 13 nitrogen and oxygen atoms in total. The summed E-state index contributed by atoms with van der Waals surface area (Å²) in [7, 11) is 6.51. The van der Waals surface area contributed by atoms with Gasteiger partial charge in [0.15, 0.2) is 17.1 Å². The Balaban J connectivity index is 1.97. The number of ketones is 2. The Labute approximate surface area is 224 Å². The number of nitrogens with two attached hydrogens (primary N) is 1. The van der Waals surface area contributed by atoms with Crippen molar-refractivity contribution in [2.24, 2.45) is 17.6 Å². The smallest absolute Gasteiger partial charge is 0.411 e. The standard InChI is InChI=1S/C26H32N4O9/c1-6-39-25(37)28-13-9-14(29(2)3)11-7-10-8-12-18(30(4)5)21(33)17(24(27)36)23(35)26(12,38)22(34)15(10)20(32)16(11)19(13)31/h9-10,12,18,31-32,35,38H,6-8H2,1-5H3,(H2,27,36)(H,28,37)/t10-,12+,18-,26-/m0/s1. The molecule has 1 fully saturated rings. The molecule has 210 valence electrons. The van der Waals surface area contributed by atoms with Crippen molar-refractivity contribution in [3.05, 3.63) is 34.1 Å². The molecule has 0 saturated heterocycles. The predicted octanol–water partition coefficient (Wildman–Crippen LogP) is 0.598. The fourth-order valence-electron chi connectivity index (χ4n) is 6.06. The van der Waals surface area contributed by atoms with E-state index in [9.17, 15) is 39.6 Å². The second-order valence-corrected chi connectivity index (χ2v) is 10.3. The van der Waals surface area contributed by atoms with Gasteiger partial charge in [0.1, 0.15) is 17.1 Å². The number of Topliss-reactive ketones (excluding diaryl/α,β-unsaturated/α-hetero) is 2. The third kappa shape index (κ3) is 4.00. The number of hydrogen-bond acceptors (Lipinski definition) is 11. The number of phenolic OH excluding ortho intramolecular Hbond substituents is 1. The van der Waals surface area contributed by atoms with Crippen LogP contribution in [0.4, 0.5) is 16.2 Å². The molecular weight excluding hydrogens is 512 g/mol. The molecule has 0 heterocycles. The molecule has 1 aromatic rings. The number of benzene rings is 1. The molecule has 3 aliphatic carbocycles. The molecule has 0 aliphatic heterocycles. The first-order chi connectivity index (χ1) is 18.2. The number of amides is 2. The van der Waals surface area contributed by atoms with Crippen LogP contribution in [0.25, 0.3) is 5.76 Å². The van der Waals surface area contributed by atoms with Crippen LogP contribution in [0.3, 0.4) is 0 Å². The molecule has 0 spiro atoms. The van der Waals surface area contributed by atoms with E-state index in [-0.39, 0.29) is 36.3 Å². The third-order valence-electron chi connectivity index (χ3n) is 7.69. The normalized spacial score (nSPS) is 26.2. The summed E-state index contributed by atoms with van der Waals surface area (Å²) < 4.78 is 4.89. The van der Waals surface area contributed by atoms with Gasteiger partial charge in [-0.15, -0.1) is 0 Å². The lowest BCUT2D eigenvalue weighted by Crippen LogP contribution is -2.65. The van der Waals surface area contributed by atoms with Crippen molar-refractivity contribution in [3.8, 4) is 5.75 Å². The third-order valence-corrected chi connectivity index (χ3v) is 7.69. The van der Waals surface area contributed by atoms with E-state index in [1.807, 2.05) is 0 Å². The van der Waals surface area contributed by atoms with Gasteiger partial charge in [0, 0.05) is 31.3 Å². The molecule has 0 bridgehead atoms. The Morgan fingerprint density at radius 3 is 2.36 bits per heavy atom. The molecule has 4 rings (SSSR count). The minimum absolute atomic E-state index is 0.0256. The predicted molar refractivity (Wildman–Crippen MR) is 139 cm³/mol. The zero-order chi connectivity index (χ0) is 29.1. The number of likely N-dealkylation sites (N-methyl/N-ethyl adjacent to an activating group) is 1. The Kier molecular flexibility index (Phi) is 6.86. The first kappa shape index (κ1) is 27.9. The molecule has 1 saturated carbocycles. The quantitative estimate of drug-likeness (QED) is 0.224. The highest BCUT2D eigenvalue weighted by Gasteiger charge is 2.64. The SMILES string of the molecule is CCOC(=O)Nc1cc(N(C)C)c2c(c1O)C(O)=C1C(=O)[C@]3(O)C(O)=C(C(N)=O)C(=O)[C@@H](N(C)C)[C@H]3C[C@@H]1C2. The van der Waals surface area contributed by atoms with Gasteiger partial charge >= 0.3 is 6.09 Å². The largest absolute Gasteiger partial charge is 0.508 e. The molecule has 39 heavy (non-hydrogen) atoms.